The molecular weight excluding hydrogens is 210 g/mol. The summed E-state index contributed by atoms with van der Waals surface area (Å²) in [7, 11) is 2.32. The van der Waals surface area contributed by atoms with Gasteiger partial charge in [0, 0.05) is 19.1 Å². The van der Waals surface area contributed by atoms with Crippen molar-refractivity contribution >= 4 is 0 Å². The van der Waals surface area contributed by atoms with Gasteiger partial charge < -0.3 is 15.1 Å². The van der Waals surface area contributed by atoms with Gasteiger partial charge in [0.25, 0.3) is 0 Å². The highest BCUT2D eigenvalue weighted by Gasteiger charge is 2.17. The van der Waals surface area contributed by atoms with Gasteiger partial charge in [-0.05, 0) is 65.3 Å². The van der Waals surface area contributed by atoms with Crippen molar-refractivity contribution in [2.24, 2.45) is 0 Å². The van der Waals surface area contributed by atoms with Crippen LogP contribution in [0.2, 0.25) is 0 Å². The molecule has 0 spiro atoms. The highest BCUT2D eigenvalue weighted by Crippen LogP contribution is 2.13. The molecule has 3 heteroatoms. The Hall–Kier alpha value is -0.120. The molecule has 100 valence electrons. The van der Waals surface area contributed by atoms with Crippen molar-refractivity contribution in [1.29, 1.82) is 0 Å². The number of hydrogen-bond acceptors (Lipinski definition) is 3. The van der Waals surface area contributed by atoms with Gasteiger partial charge >= 0.3 is 0 Å². The summed E-state index contributed by atoms with van der Waals surface area (Å²) in [6.07, 6.45) is 8.33. The number of rotatable bonds is 4. The van der Waals surface area contributed by atoms with E-state index in [0.717, 1.165) is 6.04 Å². The number of hydrogen-bond donors (Lipinski definition) is 1. The van der Waals surface area contributed by atoms with Crippen molar-refractivity contribution in [3.05, 3.63) is 0 Å². The van der Waals surface area contributed by atoms with E-state index in [1.807, 2.05) is 0 Å². The van der Waals surface area contributed by atoms with Gasteiger partial charge in [0.1, 0.15) is 0 Å². The van der Waals surface area contributed by atoms with Gasteiger partial charge in [-0.1, -0.05) is 6.42 Å². The first-order chi connectivity index (χ1) is 8.36. The molecule has 17 heavy (non-hydrogen) atoms. The van der Waals surface area contributed by atoms with E-state index in [4.69, 9.17) is 0 Å². The molecule has 1 unspecified atom stereocenters. The zero-order chi connectivity index (χ0) is 11.9. The summed E-state index contributed by atoms with van der Waals surface area (Å²) in [6.45, 7) is 7.63. The van der Waals surface area contributed by atoms with Gasteiger partial charge in [-0.3, -0.25) is 0 Å². The van der Waals surface area contributed by atoms with Gasteiger partial charge in [0.05, 0.1) is 0 Å². The number of likely N-dealkylation sites (N-methyl/N-ethyl adjacent to an activating group) is 1. The van der Waals surface area contributed by atoms with Crippen LogP contribution in [0.3, 0.4) is 0 Å². The largest absolute Gasteiger partial charge is 0.317 e. The molecule has 2 aliphatic heterocycles. The van der Waals surface area contributed by atoms with Crippen LogP contribution >= 0.6 is 0 Å². The molecule has 0 aromatic heterocycles. The van der Waals surface area contributed by atoms with Crippen molar-refractivity contribution < 1.29 is 0 Å². The van der Waals surface area contributed by atoms with Crippen LogP contribution in [0, 0.1) is 0 Å². The fourth-order valence-electron chi connectivity index (χ4n) is 3.11. The van der Waals surface area contributed by atoms with E-state index in [1.54, 1.807) is 0 Å². The van der Waals surface area contributed by atoms with Crippen molar-refractivity contribution in [3.63, 3.8) is 0 Å². The molecule has 0 amide bonds. The van der Waals surface area contributed by atoms with E-state index in [-0.39, 0.29) is 0 Å². The lowest BCUT2D eigenvalue weighted by Crippen LogP contribution is -2.40. The van der Waals surface area contributed by atoms with Gasteiger partial charge in [0.15, 0.2) is 0 Å². The molecule has 1 atom stereocenters. The van der Waals surface area contributed by atoms with Crippen LogP contribution in [0.15, 0.2) is 0 Å². The van der Waals surface area contributed by atoms with Crippen LogP contribution in [0.25, 0.3) is 0 Å². The molecule has 3 nitrogen and oxygen atoms in total. The predicted molar refractivity (Wildman–Crippen MR) is 73.4 cm³/mol. The fourth-order valence-corrected chi connectivity index (χ4v) is 3.11. The summed E-state index contributed by atoms with van der Waals surface area (Å²) in [5.74, 6) is 0. The smallest absolute Gasteiger partial charge is 0.0109 e. The molecular formula is C14H29N3. The third kappa shape index (κ3) is 4.57. The summed E-state index contributed by atoms with van der Waals surface area (Å²) in [6, 6.07) is 0.815. The van der Waals surface area contributed by atoms with Gasteiger partial charge in [-0.15, -0.1) is 0 Å². The molecule has 2 heterocycles. The number of nitrogens with one attached hydrogen (secondary N) is 1. The van der Waals surface area contributed by atoms with Gasteiger partial charge in [0.2, 0.25) is 0 Å². The SMILES string of the molecule is CN(CCN1CCCCC1)C1CCCNCC1. The highest BCUT2D eigenvalue weighted by molar-refractivity contribution is 4.75. The normalized spacial score (nSPS) is 28.2. The van der Waals surface area contributed by atoms with Crippen LogP contribution in [0.4, 0.5) is 0 Å². The van der Waals surface area contributed by atoms with E-state index in [9.17, 15) is 0 Å². The van der Waals surface area contributed by atoms with Crippen LogP contribution in [-0.4, -0.2) is 62.2 Å². The van der Waals surface area contributed by atoms with Crippen molar-refractivity contribution in [2.75, 3.05) is 46.3 Å². The van der Waals surface area contributed by atoms with Crippen LogP contribution in [0.1, 0.15) is 38.5 Å². The lowest BCUT2D eigenvalue weighted by molar-refractivity contribution is 0.164. The predicted octanol–water partition coefficient (Wildman–Crippen LogP) is 1.55. The Labute approximate surface area is 107 Å². The zero-order valence-corrected chi connectivity index (χ0v) is 11.5. The highest BCUT2D eigenvalue weighted by atomic mass is 15.2. The third-order valence-electron chi connectivity index (χ3n) is 4.39. The third-order valence-corrected chi connectivity index (χ3v) is 4.39. The molecule has 0 aromatic rings. The van der Waals surface area contributed by atoms with Crippen molar-refractivity contribution in [3.8, 4) is 0 Å². The van der Waals surface area contributed by atoms with E-state index >= 15 is 0 Å². The lowest BCUT2D eigenvalue weighted by atomic mass is 10.1. The first-order valence-electron chi connectivity index (χ1n) is 7.49. The zero-order valence-electron chi connectivity index (χ0n) is 11.5. The van der Waals surface area contributed by atoms with Crippen LogP contribution in [-0.2, 0) is 0 Å². The van der Waals surface area contributed by atoms with Crippen LogP contribution in [0.5, 0.6) is 0 Å². The minimum atomic E-state index is 0.815. The summed E-state index contributed by atoms with van der Waals surface area (Å²) in [5, 5.41) is 3.50. The molecule has 2 aliphatic rings. The summed E-state index contributed by atoms with van der Waals surface area (Å²) in [4.78, 5) is 5.25. The van der Waals surface area contributed by atoms with Crippen molar-refractivity contribution in [2.45, 2.75) is 44.6 Å². The second-order valence-electron chi connectivity index (χ2n) is 5.72. The summed E-state index contributed by atoms with van der Waals surface area (Å²) >= 11 is 0. The number of nitrogens with zero attached hydrogens (tertiary/aromatic N) is 2. The molecule has 0 radical (unpaired) electrons. The Kier molecular flexibility index (Phi) is 5.75. The van der Waals surface area contributed by atoms with Crippen LogP contribution < -0.4 is 5.32 Å². The molecule has 0 saturated carbocycles. The maximum absolute atomic E-state index is 3.50. The fraction of sp³-hybridized carbons (Fsp3) is 1.00. The van der Waals surface area contributed by atoms with E-state index in [0.29, 0.717) is 0 Å². The monoisotopic (exact) mass is 239 g/mol. The maximum atomic E-state index is 3.50. The average molecular weight is 239 g/mol. The second-order valence-corrected chi connectivity index (χ2v) is 5.72. The van der Waals surface area contributed by atoms with E-state index in [1.165, 1.54) is 77.8 Å². The van der Waals surface area contributed by atoms with E-state index in [2.05, 4.69) is 22.2 Å². The Morgan fingerprint density at radius 3 is 2.71 bits per heavy atom. The van der Waals surface area contributed by atoms with E-state index < -0.39 is 0 Å². The number of piperidine rings is 1. The first kappa shape index (κ1) is 13.3. The molecule has 2 rings (SSSR count). The molecule has 1 N–H and O–H groups in total. The molecule has 2 fully saturated rings. The molecule has 0 aromatic carbocycles. The Bertz CT molecular complexity index is 194. The van der Waals surface area contributed by atoms with Gasteiger partial charge in [-0.25, -0.2) is 0 Å². The molecule has 2 saturated heterocycles. The Morgan fingerprint density at radius 1 is 1.06 bits per heavy atom. The maximum Gasteiger partial charge on any atom is 0.0109 e. The molecule has 0 bridgehead atoms. The lowest BCUT2D eigenvalue weighted by Gasteiger charge is -2.31. The summed E-state index contributed by atoms with van der Waals surface area (Å²) < 4.78 is 0. The minimum Gasteiger partial charge on any atom is -0.317 e. The quantitative estimate of drug-likeness (QED) is 0.803. The minimum absolute atomic E-state index is 0.815. The topological polar surface area (TPSA) is 18.5 Å². The Balaban J connectivity index is 1.66. The molecule has 0 aliphatic carbocycles. The van der Waals surface area contributed by atoms with Crippen molar-refractivity contribution in [1.82, 2.24) is 15.1 Å². The average Bonchev–Trinajstić information content (AvgIpc) is 2.66. The standard InChI is InChI=1S/C14H29N3/c1-16(14-6-5-8-15-9-7-14)12-13-17-10-3-2-4-11-17/h14-15H,2-13H2,1H3. The Morgan fingerprint density at radius 2 is 1.88 bits per heavy atom. The number of likely N-dealkylation sites (tertiary alicyclic amines) is 1. The first-order valence-corrected chi connectivity index (χ1v) is 7.49. The van der Waals surface area contributed by atoms with Gasteiger partial charge in [-0.2, -0.15) is 0 Å². The summed E-state index contributed by atoms with van der Waals surface area (Å²) in [5.41, 5.74) is 0. The second kappa shape index (κ2) is 7.34.